The number of anilines is 3. The average Bonchev–Trinajstić information content (AvgIpc) is 3.16. The molecule has 35 heavy (non-hydrogen) atoms. The summed E-state index contributed by atoms with van der Waals surface area (Å²) < 4.78 is 3.39. The van der Waals surface area contributed by atoms with Gasteiger partial charge in [0.25, 0.3) is 5.56 Å². The van der Waals surface area contributed by atoms with Crippen molar-refractivity contribution in [3.8, 4) is 5.69 Å². The number of hydrogen-bond donors (Lipinski definition) is 2. The minimum absolute atomic E-state index is 0.0605. The van der Waals surface area contributed by atoms with Crippen LogP contribution in [0.2, 0.25) is 0 Å². The molecule has 180 valence electrons. The van der Waals surface area contributed by atoms with Gasteiger partial charge in [0.05, 0.1) is 18.8 Å². The van der Waals surface area contributed by atoms with Crippen molar-refractivity contribution in [1.29, 1.82) is 0 Å². The molecule has 1 saturated heterocycles. The van der Waals surface area contributed by atoms with Gasteiger partial charge in [0.2, 0.25) is 5.95 Å². The summed E-state index contributed by atoms with van der Waals surface area (Å²) in [5.74, 6) is 0.370. The van der Waals surface area contributed by atoms with Crippen molar-refractivity contribution in [2.24, 2.45) is 0 Å². The van der Waals surface area contributed by atoms with E-state index in [2.05, 4.69) is 33.7 Å². The fourth-order valence-electron chi connectivity index (χ4n) is 4.48. The van der Waals surface area contributed by atoms with Crippen LogP contribution in [0, 0.1) is 0 Å². The molecule has 1 aliphatic heterocycles. The second-order valence-electron chi connectivity index (χ2n) is 8.67. The maximum Gasteiger partial charge on any atom is 0.278 e. The Morgan fingerprint density at radius 2 is 1.89 bits per heavy atom. The lowest BCUT2D eigenvalue weighted by molar-refractivity contribution is 0.280. The van der Waals surface area contributed by atoms with Crippen molar-refractivity contribution in [2.75, 3.05) is 43.4 Å². The number of likely N-dealkylation sites (N-methyl/N-ethyl adjacent to an activating group) is 1. The van der Waals surface area contributed by atoms with Gasteiger partial charge in [-0.3, -0.25) is 4.79 Å². The molecular formula is C26H29N7O2. The normalized spacial score (nSPS) is 14.4. The Kier molecular flexibility index (Phi) is 6.35. The summed E-state index contributed by atoms with van der Waals surface area (Å²) in [4.78, 5) is 26.7. The number of nitrogens with zero attached hydrogens (tertiary/aromatic N) is 6. The number of benzene rings is 2. The largest absolute Gasteiger partial charge is 0.392 e. The van der Waals surface area contributed by atoms with E-state index in [4.69, 9.17) is 4.98 Å². The van der Waals surface area contributed by atoms with E-state index in [1.165, 1.54) is 0 Å². The van der Waals surface area contributed by atoms with E-state index < -0.39 is 0 Å². The van der Waals surface area contributed by atoms with E-state index in [0.29, 0.717) is 23.5 Å². The number of piperazine rings is 1. The topological polar surface area (TPSA) is 91.5 Å². The van der Waals surface area contributed by atoms with E-state index in [1.54, 1.807) is 21.6 Å². The molecule has 9 nitrogen and oxygen atoms in total. The number of aliphatic hydroxyl groups is 1. The Morgan fingerprint density at radius 1 is 1.11 bits per heavy atom. The van der Waals surface area contributed by atoms with Crippen LogP contribution in [0.4, 0.5) is 17.3 Å². The molecule has 9 heteroatoms. The lowest BCUT2D eigenvalue weighted by atomic mass is 10.1. The fourth-order valence-corrected chi connectivity index (χ4v) is 4.48. The molecule has 1 fully saturated rings. The highest BCUT2D eigenvalue weighted by molar-refractivity contribution is 5.77. The zero-order chi connectivity index (χ0) is 24.4. The highest BCUT2D eigenvalue weighted by Gasteiger charge is 2.19. The molecule has 0 spiro atoms. The van der Waals surface area contributed by atoms with Gasteiger partial charge in [-0.2, -0.15) is 4.98 Å². The lowest BCUT2D eigenvalue weighted by Crippen LogP contribution is -2.44. The molecule has 0 bridgehead atoms. The first kappa shape index (κ1) is 22.8. The van der Waals surface area contributed by atoms with Gasteiger partial charge in [-0.15, -0.1) is 6.58 Å². The standard InChI is InChI=1S/C26H29N7O2/c1-3-11-32-25(35)22-17-27-26(29-24(22)33(32)21-7-5-4-6-8-21)28-20-9-10-23(19(16-20)18-34)31-14-12-30(2)13-15-31/h3-10,16-17,34H,1,11-15,18H2,2H3,(H,27,28,29). The third-order valence-corrected chi connectivity index (χ3v) is 6.33. The SMILES string of the molecule is C=CCn1c(=O)c2cnc(Nc3ccc(N4CCN(C)CC4)c(CO)c3)nc2n1-c1ccccc1. The second-order valence-corrected chi connectivity index (χ2v) is 8.67. The number of allylic oxidation sites excluding steroid dienone is 1. The zero-order valence-electron chi connectivity index (χ0n) is 19.8. The van der Waals surface area contributed by atoms with Gasteiger partial charge in [-0.05, 0) is 37.4 Å². The van der Waals surface area contributed by atoms with E-state index in [1.807, 2.05) is 48.5 Å². The molecular weight excluding hydrogens is 442 g/mol. The number of hydrogen-bond acceptors (Lipinski definition) is 7. The Morgan fingerprint density at radius 3 is 2.60 bits per heavy atom. The Bertz CT molecular complexity index is 1400. The summed E-state index contributed by atoms with van der Waals surface area (Å²) in [6, 6.07) is 15.5. The monoisotopic (exact) mass is 471 g/mol. The summed E-state index contributed by atoms with van der Waals surface area (Å²) in [7, 11) is 2.12. The van der Waals surface area contributed by atoms with Gasteiger partial charge in [0.1, 0.15) is 5.39 Å². The molecule has 0 unspecified atom stereocenters. The second kappa shape index (κ2) is 9.73. The van der Waals surface area contributed by atoms with Crippen molar-refractivity contribution in [3.63, 3.8) is 0 Å². The summed E-state index contributed by atoms with van der Waals surface area (Å²) in [6.07, 6.45) is 3.24. The maximum absolute atomic E-state index is 13.0. The molecule has 0 radical (unpaired) electrons. The quantitative estimate of drug-likeness (QED) is 0.401. The number of fused-ring (bicyclic) bond motifs is 1. The molecule has 0 aliphatic carbocycles. The molecule has 0 saturated carbocycles. The van der Waals surface area contributed by atoms with Crippen LogP contribution in [0.3, 0.4) is 0 Å². The van der Waals surface area contributed by atoms with Gasteiger partial charge in [-0.25, -0.2) is 14.3 Å². The van der Waals surface area contributed by atoms with E-state index in [-0.39, 0.29) is 12.2 Å². The molecule has 4 aromatic rings. The highest BCUT2D eigenvalue weighted by Crippen LogP contribution is 2.27. The Labute approximate surface area is 203 Å². The first-order valence-corrected chi connectivity index (χ1v) is 11.7. The molecule has 0 atom stereocenters. The zero-order valence-corrected chi connectivity index (χ0v) is 19.8. The maximum atomic E-state index is 13.0. The first-order chi connectivity index (χ1) is 17.1. The summed E-state index contributed by atoms with van der Waals surface area (Å²) in [5, 5.41) is 13.7. The smallest absolute Gasteiger partial charge is 0.278 e. The molecule has 1 aliphatic rings. The van der Waals surface area contributed by atoms with Crippen molar-refractivity contribution in [2.45, 2.75) is 13.2 Å². The van der Waals surface area contributed by atoms with E-state index in [9.17, 15) is 9.90 Å². The molecule has 2 aromatic carbocycles. The predicted molar refractivity (Wildman–Crippen MR) is 139 cm³/mol. The van der Waals surface area contributed by atoms with Crippen molar-refractivity contribution in [1.82, 2.24) is 24.2 Å². The van der Waals surface area contributed by atoms with Crippen molar-refractivity contribution >= 4 is 28.4 Å². The number of nitrogens with one attached hydrogen (secondary N) is 1. The number of aliphatic hydroxyl groups excluding tert-OH is 1. The van der Waals surface area contributed by atoms with Gasteiger partial charge in [0.15, 0.2) is 5.65 Å². The predicted octanol–water partition coefficient (Wildman–Crippen LogP) is 2.76. The van der Waals surface area contributed by atoms with Gasteiger partial charge in [-0.1, -0.05) is 24.3 Å². The minimum Gasteiger partial charge on any atom is -0.392 e. The fraction of sp³-hybridized carbons (Fsp3) is 0.269. The van der Waals surface area contributed by atoms with Gasteiger partial charge >= 0.3 is 0 Å². The van der Waals surface area contributed by atoms with Crippen LogP contribution >= 0.6 is 0 Å². The Balaban J connectivity index is 1.50. The number of rotatable bonds is 7. The van der Waals surface area contributed by atoms with Crippen LogP contribution in [0.1, 0.15) is 5.56 Å². The molecule has 0 amide bonds. The van der Waals surface area contributed by atoms with Crippen LogP contribution in [-0.4, -0.2) is 62.6 Å². The molecule has 5 rings (SSSR count). The minimum atomic E-state index is -0.172. The first-order valence-electron chi connectivity index (χ1n) is 11.7. The summed E-state index contributed by atoms with van der Waals surface area (Å²) in [6.45, 7) is 7.91. The molecule has 3 heterocycles. The highest BCUT2D eigenvalue weighted by atomic mass is 16.3. The third kappa shape index (κ3) is 4.43. The van der Waals surface area contributed by atoms with Crippen molar-refractivity contribution < 1.29 is 5.11 Å². The molecule has 2 aromatic heterocycles. The summed E-state index contributed by atoms with van der Waals surface area (Å²) in [5.41, 5.74) is 3.82. The molecule has 2 N–H and O–H groups in total. The van der Waals surface area contributed by atoms with Crippen LogP contribution < -0.4 is 15.8 Å². The lowest BCUT2D eigenvalue weighted by Gasteiger charge is -2.35. The van der Waals surface area contributed by atoms with Gasteiger partial charge in [0, 0.05) is 49.3 Å². The van der Waals surface area contributed by atoms with Gasteiger partial charge < -0.3 is 20.2 Å². The average molecular weight is 472 g/mol. The van der Waals surface area contributed by atoms with Crippen molar-refractivity contribution in [3.05, 3.63) is 83.3 Å². The van der Waals surface area contributed by atoms with Crippen LogP contribution in [0.25, 0.3) is 16.7 Å². The van der Waals surface area contributed by atoms with Crippen LogP contribution in [0.5, 0.6) is 0 Å². The van der Waals surface area contributed by atoms with Crippen LogP contribution in [-0.2, 0) is 13.2 Å². The Hall–Kier alpha value is -3.95. The van der Waals surface area contributed by atoms with E-state index >= 15 is 0 Å². The third-order valence-electron chi connectivity index (χ3n) is 6.33. The van der Waals surface area contributed by atoms with E-state index in [0.717, 1.165) is 48.8 Å². The van der Waals surface area contributed by atoms with Crippen LogP contribution in [0.15, 0.2) is 72.2 Å². The number of aromatic nitrogens is 4. The summed E-state index contributed by atoms with van der Waals surface area (Å²) >= 11 is 0. The number of para-hydroxylation sites is 1.